The standard InChI is InChI=1S/C12H15ClN2O2/c1-14-6-10(16)7-15-11-5-9(13)3-2-8(11)4-12(15)17/h2-3,5,10,14,16H,4,6-7H2,1H3. The molecule has 0 fully saturated rings. The molecule has 2 rings (SSSR count). The van der Waals surface area contributed by atoms with Gasteiger partial charge in [0, 0.05) is 17.3 Å². The van der Waals surface area contributed by atoms with Crippen molar-refractivity contribution < 1.29 is 9.90 Å². The van der Waals surface area contributed by atoms with E-state index in [0.717, 1.165) is 11.3 Å². The van der Waals surface area contributed by atoms with E-state index in [1.54, 1.807) is 24.1 Å². The fourth-order valence-electron chi connectivity index (χ4n) is 2.04. The minimum atomic E-state index is -0.575. The summed E-state index contributed by atoms with van der Waals surface area (Å²) in [6, 6.07) is 5.41. The molecular weight excluding hydrogens is 240 g/mol. The van der Waals surface area contributed by atoms with E-state index < -0.39 is 6.10 Å². The Morgan fingerprint density at radius 1 is 1.59 bits per heavy atom. The minimum absolute atomic E-state index is 0.0115. The summed E-state index contributed by atoms with van der Waals surface area (Å²) in [5.41, 5.74) is 1.79. The molecule has 0 radical (unpaired) electrons. The molecule has 1 aliphatic heterocycles. The van der Waals surface area contributed by atoms with Crippen LogP contribution in [-0.2, 0) is 11.2 Å². The van der Waals surface area contributed by atoms with Gasteiger partial charge >= 0.3 is 0 Å². The monoisotopic (exact) mass is 254 g/mol. The third-order valence-electron chi connectivity index (χ3n) is 2.81. The van der Waals surface area contributed by atoms with E-state index in [1.165, 1.54) is 0 Å². The molecule has 0 saturated carbocycles. The van der Waals surface area contributed by atoms with Gasteiger partial charge in [0.25, 0.3) is 0 Å². The number of fused-ring (bicyclic) bond motifs is 1. The van der Waals surface area contributed by atoms with Crippen LogP contribution in [0.3, 0.4) is 0 Å². The van der Waals surface area contributed by atoms with Gasteiger partial charge in [-0.2, -0.15) is 0 Å². The highest BCUT2D eigenvalue weighted by atomic mass is 35.5. The summed E-state index contributed by atoms with van der Waals surface area (Å²) >= 11 is 5.92. The predicted octanol–water partition coefficient (Wildman–Crippen LogP) is 0.809. The third-order valence-corrected chi connectivity index (χ3v) is 3.05. The number of hydrogen-bond acceptors (Lipinski definition) is 3. The van der Waals surface area contributed by atoms with Crippen molar-refractivity contribution in [1.29, 1.82) is 0 Å². The Morgan fingerprint density at radius 2 is 2.35 bits per heavy atom. The molecule has 5 heteroatoms. The second-order valence-electron chi connectivity index (χ2n) is 4.17. The van der Waals surface area contributed by atoms with Crippen LogP contribution in [0, 0.1) is 0 Å². The Kier molecular flexibility index (Phi) is 3.66. The number of benzene rings is 1. The number of aliphatic hydroxyl groups excluding tert-OH is 1. The highest BCUT2D eigenvalue weighted by molar-refractivity contribution is 6.31. The van der Waals surface area contributed by atoms with Crippen molar-refractivity contribution in [1.82, 2.24) is 5.32 Å². The van der Waals surface area contributed by atoms with Crippen molar-refractivity contribution in [3.8, 4) is 0 Å². The second-order valence-corrected chi connectivity index (χ2v) is 4.60. The summed E-state index contributed by atoms with van der Waals surface area (Å²) in [7, 11) is 1.76. The number of nitrogens with one attached hydrogen (secondary N) is 1. The van der Waals surface area contributed by atoms with E-state index in [0.29, 0.717) is 24.5 Å². The highest BCUT2D eigenvalue weighted by Gasteiger charge is 2.28. The molecule has 2 N–H and O–H groups in total. The largest absolute Gasteiger partial charge is 0.390 e. The lowest BCUT2D eigenvalue weighted by atomic mass is 10.2. The number of hydrogen-bond donors (Lipinski definition) is 2. The van der Waals surface area contributed by atoms with Crippen LogP contribution in [0.1, 0.15) is 5.56 Å². The first-order valence-electron chi connectivity index (χ1n) is 5.53. The number of amides is 1. The lowest BCUT2D eigenvalue weighted by molar-refractivity contribution is -0.117. The topological polar surface area (TPSA) is 52.6 Å². The number of rotatable bonds is 4. The zero-order valence-corrected chi connectivity index (χ0v) is 10.4. The summed E-state index contributed by atoms with van der Waals surface area (Å²) < 4.78 is 0. The van der Waals surface area contributed by atoms with Crippen LogP contribution in [0.2, 0.25) is 5.02 Å². The van der Waals surface area contributed by atoms with E-state index in [1.807, 2.05) is 6.07 Å². The minimum Gasteiger partial charge on any atom is -0.390 e. The van der Waals surface area contributed by atoms with Crippen molar-refractivity contribution >= 4 is 23.2 Å². The van der Waals surface area contributed by atoms with Crippen molar-refractivity contribution in [3.05, 3.63) is 28.8 Å². The number of halogens is 1. The van der Waals surface area contributed by atoms with E-state index in [2.05, 4.69) is 5.32 Å². The van der Waals surface area contributed by atoms with Crippen molar-refractivity contribution in [2.45, 2.75) is 12.5 Å². The SMILES string of the molecule is CNCC(O)CN1C(=O)Cc2ccc(Cl)cc21. The van der Waals surface area contributed by atoms with E-state index >= 15 is 0 Å². The molecule has 0 spiro atoms. The Bertz CT molecular complexity index is 437. The van der Waals surface area contributed by atoms with Crippen LogP contribution in [-0.4, -0.2) is 37.3 Å². The molecule has 1 aromatic carbocycles. The molecule has 0 aliphatic carbocycles. The van der Waals surface area contributed by atoms with E-state index in [4.69, 9.17) is 11.6 Å². The summed E-state index contributed by atoms with van der Waals surface area (Å²) in [6.45, 7) is 0.757. The maximum absolute atomic E-state index is 11.8. The van der Waals surface area contributed by atoms with Gasteiger partial charge in [0.15, 0.2) is 0 Å². The summed E-state index contributed by atoms with van der Waals surface area (Å²) in [4.78, 5) is 13.4. The molecule has 1 unspecified atom stereocenters. The fourth-order valence-corrected chi connectivity index (χ4v) is 2.21. The van der Waals surface area contributed by atoms with Crippen molar-refractivity contribution in [3.63, 3.8) is 0 Å². The average Bonchev–Trinajstić information content (AvgIpc) is 2.56. The number of carbonyl (C=O) groups is 1. The number of likely N-dealkylation sites (N-methyl/N-ethyl adjacent to an activating group) is 1. The Hall–Kier alpha value is -1.10. The molecule has 0 aromatic heterocycles. The Balaban J connectivity index is 2.19. The maximum Gasteiger partial charge on any atom is 0.231 e. The summed E-state index contributed by atoms with van der Waals surface area (Å²) in [6.07, 6.45) is -0.187. The third kappa shape index (κ3) is 2.60. The van der Waals surface area contributed by atoms with Gasteiger partial charge in [-0.15, -0.1) is 0 Å². The Morgan fingerprint density at radius 3 is 3.06 bits per heavy atom. The van der Waals surface area contributed by atoms with Gasteiger partial charge in [0.2, 0.25) is 5.91 Å². The first-order chi connectivity index (χ1) is 8.11. The van der Waals surface area contributed by atoms with Crippen LogP contribution >= 0.6 is 11.6 Å². The van der Waals surface area contributed by atoms with Gasteiger partial charge in [0.1, 0.15) is 0 Å². The molecule has 17 heavy (non-hydrogen) atoms. The lowest BCUT2D eigenvalue weighted by Gasteiger charge is -2.21. The van der Waals surface area contributed by atoms with Crippen molar-refractivity contribution in [2.24, 2.45) is 0 Å². The quantitative estimate of drug-likeness (QED) is 0.836. The van der Waals surface area contributed by atoms with Gasteiger partial charge < -0.3 is 15.3 Å². The molecule has 1 atom stereocenters. The highest BCUT2D eigenvalue weighted by Crippen LogP contribution is 2.31. The molecule has 1 amide bonds. The Labute approximate surface area is 105 Å². The zero-order valence-electron chi connectivity index (χ0n) is 9.61. The molecule has 1 aliphatic rings. The van der Waals surface area contributed by atoms with Crippen molar-refractivity contribution in [2.75, 3.05) is 25.0 Å². The van der Waals surface area contributed by atoms with Gasteiger partial charge in [-0.3, -0.25) is 4.79 Å². The number of β-amino-alcohol motifs (C(OH)–C–C–N with tert-alkyl or cyclic N) is 1. The van der Waals surface area contributed by atoms with Crippen LogP contribution in [0.5, 0.6) is 0 Å². The summed E-state index contributed by atoms with van der Waals surface area (Å²) in [5.74, 6) is 0.0115. The zero-order chi connectivity index (χ0) is 12.4. The number of anilines is 1. The average molecular weight is 255 g/mol. The molecule has 1 heterocycles. The predicted molar refractivity (Wildman–Crippen MR) is 67.4 cm³/mol. The van der Waals surface area contributed by atoms with Gasteiger partial charge in [-0.1, -0.05) is 17.7 Å². The number of aliphatic hydroxyl groups is 1. The van der Waals surface area contributed by atoms with E-state index in [9.17, 15) is 9.90 Å². The smallest absolute Gasteiger partial charge is 0.231 e. The molecule has 1 aromatic rings. The normalized spacial score (nSPS) is 16.2. The van der Waals surface area contributed by atoms with Gasteiger partial charge in [0.05, 0.1) is 19.1 Å². The maximum atomic E-state index is 11.8. The first kappa shape index (κ1) is 12.4. The molecule has 4 nitrogen and oxygen atoms in total. The molecule has 92 valence electrons. The second kappa shape index (κ2) is 5.04. The van der Waals surface area contributed by atoms with Gasteiger partial charge in [-0.05, 0) is 24.7 Å². The fraction of sp³-hybridized carbons (Fsp3) is 0.417. The number of carbonyl (C=O) groups excluding carboxylic acids is 1. The van der Waals surface area contributed by atoms with Crippen LogP contribution in [0.15, 0.2) is 18.2 Å². The summed E-state index contributed by atoms with van der Waals surface area (Å²) in [5, 5.41) is 13.2. The number of nitrogens with zero attached hydrogens (tertiary/aromatic N) is 1. The van der Waals surface area contributed by atoms with E-state index in [-0.39, 0.29) is 5.91 Å². The van der Waals surface area contributed by atoms with Gasteiger partial charge in [-0.25, -0.2) is 0 Å². The first-order valence-corrected chi connectivity index (χ1v) is 5.91. The lowest BCUT2D eigenvalue weighted by Crippen LogP contribution is -2.39. The van der Waals surface area contributed by atoms with Crippen LogP contribution in [0.4, 0.5) is 5.69 Å². The molecule has 0 bridgehead atoms. The van der Waals surface area contributed by atoms with Crippen LogP contribution < -0.4 is 10.2 Å². The molecular formula is C12H15ClN2O2. The molecule has 0 saturated heterocycles. The van der Waals surface area contributed by atoms with Crippen LogP contribution in [0.25, 0.3) is 0 Å².